The van der Waals surface area contributed by atoms with Crippen molar-refractivity contribution in [1.82, 2.24) is 9.88 Å². The molecular formula is C20H19ClF4N2O5S. The van der Waals surface area contributed by atoms with Crippen molar-refractivity contribution in [3.8, 4) is 11.5 Å². The van der Waals surface area contributed by atoms with Gasteiger partial charge in [-0.3, -0.25) is 9.88 Å². The van der Waals surface area contributed by atoms with E-state index in [0.717, 1.165) is 18.2 Å². The number of rotatable bonds is 7. The molecule has 0 amide bonds. The number of aliphatic hydroxyl groups excluding tert-OH is 1. The Bertz CT molecular complexity index is 1160. The Morgan fingerprint density at radius 1 is 1.36 bits per heavy atom. The van der Waals surface area contributed by atoms with E-state index < -0.39 is 38.3 Å². The molecule has 0 radical (unpaired) electrons. The first kappa shape index (κ1) is 25.2. The molecule has 33 heavy (non-hydrogen) atoms. The maximum atomic E-state index is 14.9. The molecule has 1 aromatic carbocycles. The van der Waals surface area contributed by atoms with Gasteiger partial charge in [-0.15, -0.1) is 0 Å². The number of pyridine rings is 1. The fourth-order valence-electron chi connectivity index (χ4n) is 3.18. The van der Waals surface area contributed by atoms with Crippen molar-refractivity contribution in [3.63, 3.8) is 0 Å². The number of likely N-dealkylation sites (tertiary alicyclic amines) is 1. The summed E-state index contributed by atoms with van der Waals surface area (Å²) in [6.45, 7) is 1.64. The van der Waals surface area contributed by atoms with Gasteiger partial charge in [0.25, 0.3) is 0 Å². The molecule has 1 N–H and O–H groups in total. The fourth-order valence-corrected chi connectivity index (χ4v) is 3.92. The molecule has 1 aliphatic heterocycles. The summed E-state index contributed by atoms with van der Waals surface area (Å²) in [6, 6.07) is 4.68. The highest BCUT2D eigenvalue weighted by molar-refractivity contribution is 7.88. The van der Waals surface area contributed by atoms with Gasteiger partial charge >= 0.3 is 15.6 Å². The van der Waals surface area contributed by atoms with Gasteiger partial charge in [0.05, 0.1) is 18.2 Å². The second kappa shape index (κ2) is 9.84. The maximum Gasteiger partial charge on any atom is 0.534 e. The SMILES string of the molecule is COc1cc(/C(F)=C/c2cccc(OS(=O)(=O)C(F)(F)F)c2Cl)ncc1CN1CC[C@@H](O)C1. The van der Waals surface area contributed by atoms with Crippen LogP contribution in [0.5, 0.6) is 11.5 Å². The summed E-state index contributed by atoms with van der Waals surface area (Å²) >= 11 is 5.95. The smallest absolute Gasteiger partial charge is 0.496 e. The molecule has 13 heteroatoms. The minimum absolute atomic E-state index is 0.125. The number of benzene rings is 1. The van der Waals surface area contributed by atoms with E-state index in [1.165, 1.54) is 25.4 Å². The van der Waals surface area contributed by atoms with Gasteiger partial charge < -0.3 is 14.0 Å². The number of hydrogen-bond donors (Lipinski definition) is 1. The van der Waals surface area contributed by atoms with E-state index in [0.29, 0.717) is 37.4 Å². The van der Waals surface area contributed by atoms with Crippen molar-refractivity contribution < 1.29 is 40.0 Å². The van der Waals surface area contributed by atoms with Gasteiger partial charge in [0.15, 0.2) is 5.75 Å². The van der Waals surface area contributed by atoms with Crippen molar-refractivity contribution in [3.05, 3.63) is 52.3 Å². The zero-order valence-electron chi connectivity index (χ0n) is 17.1. The van der Waals surface area contributed by atoms with Crippen molar-refractivity contribution in [2.75, 3.05) is 20.2 Å². The topological polar surface area (TPSA) is 89.0 Å². The first-order chi connectivity index (χ1) is 15.4. The number of hydrogen-bond acceptors (Lipinski definition) is 7. The number of alkyl halides is 3. The quantitative estimate of drug-likeness (QED) is 0.342. The average molecular weight is 511 g/mol. The summed E-state index contributed by atoms with van der Waals surface area (Å²) in [5.41, 5.74) is -5.24. The minimum Gasteiger partial charge on any atom is -0.496 e. The molecule has 180 valence electrons. The Kier molecular flexibility index (Phi) is 7.52. The van der Waals surface area contributed by atoms with Gasteiger partial charge in [-0.25, -0.2) is 4.39 Å². The zero-order chi connectivity index (χ0) is 24.4. The lowest BCUT2D eigenvalue weighted by molar-refractivity contribution is -0.0500. The monoisotopic (exact) mass is 510 g/mol. The Hall–Kier alpha value is -2.41. The third kappa shape index (κ3) is 5.94. The van der Waals surface area contributed by atoms with E-state index in [-0.39, 0.29) is 11.3 Å². The van der Waals surface area contributed by atoms with Crippen LogP contribution >= 0.6 is 11.6 Å². The average Bonchev–Trinajstić information content (AvgIpc) is 3.14. The summed E-state index contributed by atoms with van der Waals surface area (Å²) in [5.74, 6) is -1.34. The molecule has 2 heterocycles. The van der Waals surface area contributed by atoms with E-state index in [4.69, 9.17) is 16.3 Å². The molecule has 1 fully saturated rings. The molecule has 1 aliphatic rings. The highest BCUT2D eigenvalue weighted by atomic mass is 35.5. The molecule has 0 bridgehead atoms. The van der Waals surface area contributed by atoms with Crippen LogP contribution in [0.2, 0.25) is 5.02 Å². The molecule has 2 aromatic rings. The molecule has 1 aromatic heterocycles. The molecule has 0 unspecified atom stereocenters. The maximum absolute atomic E-state index is 14.9. The van der Waals surface area contributed by atoms with Crippen molar-refractivity contribution in [1.29, 1.82) is 0 Å². The van der Waals surface area contributed by atoms with Crippen LogP contribution in [-0.2, 0) is 16.7 Å². The summed E-state index contributed by atoms with van der Waals surface area (Å²) in [6.07, 6.45) is 2.55. The van der Waals surface area contributed by atoms with Crippen LogP contribution in [0.1, 0.15) is 23.2 Å². The Labute approximate surface area is 192 Å². The van der Waals surface area contributed by atoms with E-state index in [9.17, 15) is 31.1 Å². The fraction of sp³-hybridized carbons (Fsp3) is 0.350. The minimum atomic E-state index is -5.95. The van der Waals surface area contributed by atoms with Crippen LogP contribution in [0.15, 0.2) is 30.5 Å². The zero-order valence-corrected chi connectivity index (χ0v) is 18.7. The number of aliphatic hydroxyl groups is 1. The third-order valence-electron chi connectivity index (χ3n) is 4.81. The lowest BCUT2D eigenvalue weighted by Crippen LogP contribution is -2.28. The van der Waals surface area contributed by atoms with Crippen molar-refractivity contribution in [2.24, 2.45) is 0 Å². The summed E-state index contributed by atoms with van der Waals surface area (Å²) < 4.78 is 84.4. The molecule has 7 nitrogen and oxygen atoms in total. The van der Waals surface area contributed by atoms with Gasteiger partial charge in [0.2, 0.25) is 0 Å². The van der Waals surface area contributed by atoms with E-state index in [2.05, 4.69) is 9.17 Å². The van der Waals surface area contributed by atoms with Crippen LogP contribution in [0, 0.1) is 0 Å². The molecular weight excluding hydrogens is 492 g/mol. The summed E-state index contributed by atoms with van der Waals surface area (Å²) in [4.78, 5) is 6.05. The molecule has 1 saturated heterocycles. The molecule has 3 rings (SSSR count). The van der Waals surface area contributed by atoms with Crippen LogP contribution in [0.3, 0.4) is 0 Å². The number of nitrogens with zero attached hydrogens (tertiary/aromatic N) is 2. The molecule has 0 saturated carbocycles. The Morgan fingerprint density at radius 2 is 2.09 bits per heavy atom. The van der Waals surface area contributed by atoms with Crippen molar-refractivity contribution >= 4 is 33.6 Å². The standard InChI is InChI=1S/C20H19ClF4N2O5S/c1-31-18-8-16(26-9-13(18)10-27-6-5-14(28)11-27)15(22)7-12-3-2-4-17(19(12)21)32-33(29,30)20(23,24)25/h2-4,7-9,14,28H,5-6,10-11H2,1H3/b15-7-/t14-/m1/s1. The number of aromatic nitrogens is 1. The first-order valence-electron chi connectivity index (χ1n) is 9.51. The third-order valence-corrected chi connectivity index (χ3v) is 6.18. The number of methoxy groups -OCH3 is 1. The number of ether oxygens (including phenoxy) is 1. The van der Waals surface area contributed by atoms with Crippen LogP contribution < -0.4 is 8.92 Å². The van der Waals surface area contributed by atoms with Crippen molar-refractivity contribution in [2.45, 2.75) is 24.6 Å². The lowest BCUT2D eigenvalue weighted by atomic mass is 10.1. The van der Waals surface area contributed by atoms with Gasteiger partial charge in [-0.05, 0) is 24.1 Å². The number of β-amino-alcohol motifs (C(OH)–C–C–N with tert-alkyl or cyclic N) is 1. The highest BCUT2D eigenvalue weighted by Gasteiger charge is 2.48. The van der Waals surface area contributed by atoms with Gasteiger partial charge in [0.1, 0.15) is 17.3 Å². The Morgan fingerprint density at radius 3 is 2.70 bits per heavy atom. The lowest BCUT2D eigenvalue weighted by Gasteiger charge is -2.17. The largest absolute Gasteiger partial charge is 0.534 e. The summed E-state index contributed by atoms with van der Waals surface area (Å²) in [5, 5.41) is 9.12. The predicted octanol–water partition coefficient (Wildman–Crippen LogP) is 4.01. The summed E-state index contributed by atoms with van der Waals surface area (Å²) in [7, 11) is -4.54. The van der Waals surface area contributed by atoms with Gasteiger partial charge in [-0.1, -0.05) is 23.7 Å². The van der Waals surface area contributed by atoms with Gasteiger partial charge in [0, 0.05) is 37.5 Å². The molecule has 1 atom stereocenters. The Balaban J connectivity index is 1.85. The van der Waals surface area contributed by atoms with E-state index in [1.807, 2.05) is 4.90 Å². The van der Waals surface area contributed by atoms with Crippen LogP contribution in [0.4, 0.5) is 17.6 Å². The second-order valence-corrected chi connectivity index (χ2v) is 9.11. The van der Waals surface area contributed by atoms with E-state index in [1.54, 1.807) is 0 Å². The highest BCUT2D eigenvalue weighted by Crippen LogP contribution is 2.35. The normalized spacial score (nSPS) is 17.9. The van der Waals surface area contributed by atoms with E-state index >= 15 is 0 Å². The van der Waals surface area contributed by atoms with Crippen LogP contribution in [0.25, 0.3) is 11.9 Å². The first-order valence-corrected chi connectivity index (χ1v) is 11.3. The van der Waals surface area contributed by atoms with Gasteiger partial charge in [-0.2, -0.15) is 21.6 Å². The van der Waals surface area contributed by atoms with Crippen LogP contribution in [-0.4, -0.2) is 55.2 Å². The second-order valence-electron chi connectivity index (χ2n) is 7.19. The number of halogens is 5. The molecule has 0 spiro atoms. The predicted molar refractivity (Wildman–Crippen MR) is 113 cm³/mol. The molecule has 0 aliphatic carbocycles.